The third-order valence-corrected chi connectivity index (χ3v) is 6.29. The number of carbonyl (C=O) groups excluding carboxylic acids is 2. The number of nitro groups is 1. The van der Waals surface area contributed by atoms with Gasteiger partial charge in [-0.15, -0.1) is 0 Å². The van der Waals surface area contributed by atoms with Gasteiger partial charge >= 0.3 is 65.1 Å². The van der Waals surface area contributed by atoms with Crippen molar-refractivity contribution < 1.29 is 112 Å². The van der Waals surface area contributed by atoms with Crippen molar-refractivity contribution in [1.82, 2.24) is 0 Å². The molecule has 0 aromatic heterocycles. The minimum atomic E-state index is -4.91. The number of benzene rings is 3. The van der Waals surface area contributed by atoms with Crippen molar-refractivity contribution in [2.24, 2.45) is 0 Å². The van der Waals surface area contributed by atoms with Gasteiger partial charge in [0.1, 0.15) is 5.75 Å². The number of esters is 1. The second kappa shape index (κ2) is 12.2. The van der Waals surface area contributed by atoms with E-state index in [-0.39, 0.29) is 78.3 Å². The summed E-state index contributed by atoms with van der Waals surface area (Å²) in [5.41, 5.74) is -1.87. The number of ether oxygens (including phenoxy) is 1. The molecule has 0 unspecified atom stereocenters. The van der Waals surface area contributed by atoms with E-state index in [1.165, 1.54) is 0 Å². The number of phenolic OH excluding ortho intramolecular Hbond substituents is 1. The van der Waals surface area contributed by atoms with Crippen LogP contribution in [0.15, 0.2) is 52.3 Å². The average Bonchev–Trinajstić information content (AvgIpc) is 2.76. The second-order valence-electron chi connectivity index (χ2n) is 6.93. The van der Waals surface area contributed by atoms with Crippen LogP contribution in [-0.2, 0) is 25.0 Å². The topological polar surface area (TPSA) is 228 Å². The maximum atomic E-state index is 12.9. The number of hydrogen-bond donors (Lipinski definition) is 4. The van der Waals surface area contributed by atoms with Crippen LogP contribution in [0.2, 0.25) is 0 Å². The van der Waals surface area contributed by atoms with Gasteiger partial charge in [0.2, 0.25) is 0 Å². The van der Waals surface area contributed by atoms with Crippen LogP contribution in [0.25, 0.3) is 10.8 Å². The standard InChI is InChI=1S/C19H14N2O12S2.2Na.2H/c1-33-19(24)11-2-10(3-12(4-11)21(25)26)18(23)20-15-7-13(34(27,28)29)5-9-6-14(35(30,31)32)8-16(22)17(9)15;;;;/h2-8,22H,1H3,(H,20,23)(H,27,28,29)(H,30,31,32);;;;/q;2*+1;2*-1. The molecule has 37 heavy (non-hydrogen) atoms. The van der Waals surface area contributed by atoms with Gasteiger partial charge in [-0.3, -0.25) is 24.0 Å². The molecule has 14 nitrogen and oxygen atoms in total. The molecular formula is C19H16N2Na2O12S2. The monoisotopic (exact) mass is 574 g/mol. The number of carbonyl (C=O) groups is 2. The molecule has 0 saturated carbocycles. The Kier molecular flexibility index (Phi) is 10.8. The first-order valence-electron chi connectivity index (χ1n) is 9.06. The zero-order valence-corrected chi connectivity index (χ0v) is 25.0. The van der Waals surface area contributed by atoms with Crippen molar-refractivity contribution >= 4 is 54.3 Å². The van der Waals surface area contributed by atoms with Crippen LogP contribution in [-0.4, -0.2) is 55.0 Å². The number of rotatable bonds is 6. The first-order valence-corrected chi connectivity index (χ1v) is 11.9. The number of nitrogens with one attached hydrogen (secondary N) is 1. The molecule has 0 bridgehead atoms. The Morgan fingerprint density at radius 3 is 1.92 bits per heavy atom. The number of hydrogen-bond acceptors (Lipinski definition) is 10. The van der Waals surface area contributed by atoms with E-state index in [0.29, 0.717) is 6.07 Å². The molecule has 18 heteroatoms. The molecule has 4 N–H and O–H groups in total. The van der Waals surface area contributed by atoms with E-state index in [0.717, 1.165) is 43.5 Å². The van der Waals surface area contributed by atoms with Gasteiger partial charge in [-0.25, -0.2) is 4.79 Å². The van der Waals surface area contributed by atoms with E-state index < -0.39 is 69.5 Å². The molecule has 0 spiro atoms. The smallest absolute Gasteiger partial charge is 1.00 e. The number of non-ortho nitro benzene ring substituents is 1. The van der Waals surface area contributed by atoms with Crippen molar-refractivity contribution in [3.63, 3.8) is 0 Å². The Balaban J connectivity index is 0. The summed E-state index contributed by atoms with van der Waals surface area (Å²) in [5, 5.41) is 23.1. The molecular weight excluding hydrogens is 558 g/mol. The second-order valence-corrected chi connectivity index (χ2v) is 9.78. The number of phenols is 1. The number of fused-ring (bicyclic) bond motifs is 1. The van der Waals surface area contributed by atoms with Crippen molar-refractivity contribution in [2.45, 2.75) is 9.79 Å². The van der Waals surface area contributed by atoms with Crippen molar-refractivity contribution in [3.05, 3.63) is 63.7 Å². The summed E-state index contributed by atoms with van der Waals surface area (Å²) < 4.78 is 69.6. The van der Waals surface area contributed by atoms with Crippen molar-refractivity contribution in [1.29, 1.82) is 0 Å². The van der Waals surface area contributed by atoms with E-state index in [2.05, 4.69) is 10.1 Å². The number of nitrogens with zero attached hydrogens (tertiary/aromatic N) is 1. The van der Waals surface area contributed by atoms with Gasteiger partial charge < -0.3 is 18.0 Å². The first kappa shape index (κ1) is 32.9. The molecule has 0 aliphatic carbocycles. The van der Waals surface area contributed by atoms with Crippen LogP contribution in [0.1, 0.15) is 23.6 Å². The van der Waals surface area contributed by atoms with E-state index in [4.69, 9.17) is 0 Å². The Bertz CT molecular complexity index is 1650. The fraction of sp³-hybridized carbons (Fsp3) is 0.0526. The van der Waals surface area contributed by atoms with Gasteiger partial charge in [0.15, 0.2) is 0 Å². The van der Waals surface area contributed by atoms with Crippen LogP contribution in [0.5, 0.6) is 5.75 Å². The van der Waals surface area contributed by atoms with Gasteiger partial charge in [-0.1, -0.05) is 0 Å². The minimum Gasteiger partial charge on any atom is -1.00 e. The van der Waals surface area contributed by atoms with Crippen LogP contribution < -0.4 is 64.4 Å². The number of amides is 1. The van der Waals surface area contributed by atoms with Crippen LogP contribution >= 0.6 is 0 Å². The van der Waals surface area contributed by atoms with E-state index in [1.54, 1.807) is 0 Å². The molecule has 0 atom stereocenters. The SMILES string of the molecule is COC(=O)c1cc(C(=O)Nc2cc(S(=O)(=O)O)cc3cc(S(=O)(=O)O)cc(O)c23)cc([N+](=O)[O-])c1.[H-].[H-].[Na+].[Na+]. The Morgan fingerprint density at radius 2 is 1.43 bits per heavy atom. The molecule has 0 aliphatic heterocycles. The van der Waals surface area contributed by atoms with Crippen molar-refractivity contribution in [3.8, 4) is 5.75 Å². The molecule has 188 valence electrons. The van der Waals surface area contributed by atoms with E-state index in [1.807, 2.05) is 0 Å². The number of methoxy groups -OCH3 is 1. The maximum Gasteiger partial charge on any atom is 1.00 e. The van der Waals surface area contributed by atoms with Crippen molar-refractivity contribution in [2.75, 3.05) is 12.4 Å². The van der Waals surface area contributed by atoms with Gasteiger partial charge in [-0.05, 0) is 29.7 Å². The number of nitro benzene ring substituents is 1. The summed E-state index contributed by atoms with van der Waals surface area (Å²) in [5.74, 6) is -2.90. The molecule has 0 radical (unpaired) electrons. The third-order valence-electron chi connectivity index (χ3n) is 4.63. The predicted octanol–water partition coefficient (Wildman–Crippen LogP) is -3.78. The Labute approximate surface area is 256 Å². The first-order chi connectivity index (χ1) is 16.1. The van der Waals surface area contributed by atoms with E-state index in [9.17, 15) is 50.8 Å². The van der Waals surface area contributed by atoms with Gasteiger partial charge in [0.05, 0.1) is 33.1 Å². The quantitative estimate of drug-likeness (QED) is 0.0731. The number of anilines is 1. The molecule has 3 rings (SSSR count). The molecule has 0 aliphatic rings. The molecule has 0 saturated heterocycles. The molecule has 0 fully saturated rings. The summed E-state index contributed by atoms with van der Waals surface area (Å²) in [4.78, 5) is 33.4. The predicted molar refractivity (Wildman–Crippen MR) is 120 cm³/mol. The molecule has 3 aromatic rings. The summed E-state index contributed by atoms with van der Waals surface area (Å²) in [7, 11) is -8.74. The average molecular weight is 574 g/mol. The zero-order chi connectivity index (χ0) is 26.3. The number of aromatic hydroxyl groups is 1. The van der Waals surface area contributed by atoms with Gasteiger partial charge in [0.25, 0.3) is 31.8 Å². The summed E-state index contributed by atoms with van der Waals surface area (Å²) in [6, 6.07) is 5.55. The van der Waals surface area contributed by atoms with E-state index >= 15 is 0 Å². The Hall–Kier alpha value is -2.12. The summed E-state index contributed by atoms with van der Waals surface area (Å²) in [6.45, 7) is 0. The molecule has 0 heterocycles. The third kappa shape index (κ3) is 7.47. The molecule has 1 amide bonds. The fourth-order valence-electron chi connectivity index (χ4n) is 3.11. The summed E-state index contributed by atoms with van der Waals surface area (Å²) in [6.07, 6.45) is 0. The van der Waals surface area contributed by atoms with Crippen LogP contribution in [0.4, 0.5) is 11.4 Å². The fourth-order valence-corrected chi connectivity index (χ4v) is 4.19. The largest absolute Gasteiger partial charge is 1.00 e. The maximum absolute atomic E-state index is 12.9. The van der Waals surface area contributed by atoms with Crippen LogP contribution in [0.3, 0.4) is 0 Å². The molecule has 3 aromatic carbocycles. The minimum absolute atomic E-state index is 0. The Morgan fingerprint density at radius 1 is 0.919 bits per heavy atom. The van der Waals surface area contributed by atoms with Gasteiger partial charge in [0, 0.05) is 29.1 Å². The summed E-state index contributed by atoms with van der Waals surface area (Å²) >= 11 is 0. The normalized spacial score (nSPS) is 11.1. The zero-order valence-electron chi connectivity index (χ0n) is 21.3. The van der Waals surface area contributed by atoms with Crippen LogP contribution in [0, 0.1) is 10.1 Å². The van der Waals surface area contributed by atoms with Gasteiger partial charge in [-0.2, -0.15) is 16.8 Å².